The quantitative estimate of drug-likeness (QED) is 0.816. The van der Waals surface area contributed by atoms with Crippen LogP contribution in [0.4, 0.5) is 5.69 Å². The Labute approximate surface area is 143 Å². The van der Waals surface area contributed by atoms with Gasteiger partial charge in [0.2, 0.25) is 5.91 Å². The lowest BCUT2D eigenvalue weighted by molar-refractivity contribution is -0.115. The predicted molar refractivity (Wildman–Crippen MR) is 96.1 cm³/mol. The second kappa shape index (κ2) is 8.50. The van der Waals surface area contributed by atoms with E-state index in [0.29, 0.717) is 19.2 Å². The largest absolute Gasteiger partial charge is 0.489 e. The molecule has 1 saturated carbocycles. The van der Waals surface area contributed by atoms with Crippen molar-refractivity contribution >= 4 is 11.6 Å². The second-order valence-corrected chi connectivity index (χ2v) is 6.21. The van der Waals surface area contributed by atoms with Gasteiger partial charge in [0.15, 0.2) is 0 Å². The summed E-state index contributed by atoms with van der Waals surface area (Å²) in [6.45, 7) is 0.911. The van der Waals surface area contributed by atoms with Crippen LogP contribution in [0.2, 0.25) is 0 Å². The zero-order chi connectivity index (χ0) is 16.6. The molecule has 0 aromatic heterocycles. The minimum absolute atomic E-state index is 0.000135. The van der Waals surface area contributed by atoms with Gasteiger partial charge in [0.1, 0.15) is 12.4 Å². The molecular weight excluding hydrogens is 300 g/mol. The van der Waals surface area contributed by atoms with E-state index in [0.717, 1.165) is 17.0 Å². The highest BCUT2D eigenvalue weighted by Crippen LogP contribution is 2.18. The van der Waals surface area contributed by atoms with Crippen LogP contribution in [0.5, 0.6) is 5.75 Å². The predicted octanol–water partition coefficient (Wildman–Crippen LogP) is 3.74. The molecule has 0 bridgehead atoms. The molecule has 0 unspecified atom stereocenters. The van der Waals surface area contributed by atoms with E-state index in [1.54, 1.807) is 0 Å². The number of amides is 1. The SMILES string of the molecule is O=C(CNC1CCCC1)Nc1ccc(OCc2ccccc2)cc1. The third kappa shape index (κ3) is 5.10. The molecule has 1 amide bonds. The molecule has 1 fully saturated rings. The van der Waals surface area contributed by atoms with Gasteiger partial charge in [0.25, 0.3) is 0 Å². The monoisotopic (exact) mass is 324 g/mol. The van der Waals surface area contributed by atoms with Crippen LogP contribution in [-0.4, -0.2) is 18.5 Å². The van der Waals surface area contributed by atoms with Crippen molar-refractivity contribution in [3.05, 3.63) is 60.2 Å². The molecule has 4 nitrogen and oxygen atoms in total. The van der Waals surface area contributed by atoms with E-state index in [4.69, 9.17) is 4.74 Å². The summed E-state index contributed by atoms with van der Waals surface area (Å²) in [6.07, 6.45) is 4.90. The smallest absolute Gasteiger partial charge is 0.238 e. The molecule has 0 aliphatic heterocycles. The molecule has 2 N–H and O–H groups in total. The highest BCUT2D eigenvalue weighted by atomic mass is 16.5. The van der Waals surface area contributed by atoms with Crippen LogP contribution in [0.25, 0.3) is 0 Å². The second-order valence-electron chi connectivity index (χ2n) is 6.21. The summed E-state index contributed by atoms with van der Waals surface area (Å²) in [5, 5.41) is 6.22. The van der Waals surface area contributed by atoms with Crippen molar-refractivity contribution < 1.29 is 9.53 Å². The Morgan fingerprint density at radius 2 is 1.71 bits per heavy atom. The highest BCUT2D eigenvalue weighted by Gasteiger charge is 2.15. The average Bonchev–Trinajstić information content (AvgIpc) is 3.14. The number of benzene rings is 2. The van der Waals surface area contributed by atoms with Crippen LogP contribution in [0.15, 0.2) is 54.6 Å². The minimum Gasteiger partial charge on any atom is -0.489 e. The first-order chi connectivity index (χ1) is 11.8. The van der Waals surface area contributed by atoms with E-state index in [9.17, 15) is 4.79 Å². The number of hydrogen-bond acceptors (Lipinski definition) is 3. The first kappa shape index (κ1) is 16.5. The van der Waals surface area contributed by atoms with Gasteiger partial charge >= 0.3 is 0 Å². The van der Waals surface area contributed by atoms with E-state index in [1.165, 1.54) is 25.7 Å². The summed E-state index contributed by atoms with van der Waals surface area (Å²) >= 11 is 0. The van der Waals surface area contributed by atoms with Crippen LogP contribution in [0, 0.1) is 0 Å². The van der Waals surface area contributed by atoms with E-state index >= 15 is 0 Å². The van der Waals surface area contributed by atoms with Crippen LogP contribution in [-0.2, 0) is 11.4 Å². The summed E-state index contributed by atoms with van der Waals surface area (Å²) in [7, 11) is 0. The molecule has 126 valence electrons. The van der Waals surface area contributed by atoms with E-state index in [1.807, 2.05) is 54.6 Å². The number of carbonyl (C=O) groups excluding carboxylic acids is 1. The molecule has 1 aliphatic rings. The fourth-order valence-corrected chi connectivity index (χ4v) is 2.95. The molecule has 0 spiro atoms. The lowest BCUT2D eigenvalue weighted by Crippen LogP contribution is -2.34. The summed E-state index contributed by atoms with van der Waals surface area (Å²) in [6, 6.07) is 18.0. The molecule has 2 aromatic rings. The van der Waals surface area contributed by atoms with E-state index in [2.05, 4.69) is 10.6 Å². The summed E-state index contributed by atoms with van der Waals surface area (Å²) in [4.78, 5) is 12.0. The Kier molecular flexibility index (Phi) is 5.85. The van der Waals surface area contributed by atoms with Gasteiger partial charge in [-0.2, -0.15) is 0 Å². The van der Waals surface area contributed by atoms with Gasteiger partial charge in [0, 0.05) is 11.7 Å². The van der Waals surface area contributed by atoms with Crippen molar-refractivity contribution in [2.75, 3.05) is 11.9 Å². The zero-order valence-electron chi connectivity index (χ0n) is 13.8. The van der Waals surface area contributed by atoms with Crippen molar-refractivity contribution in [2.45, 2.75) is 38.3 Å². The Bertz CT molecular complexity index is 634. The maximum absolute atomic E-state index is 12.0. The van der Waals surface area contributed by atoms with Crippen molar-refractivity contribution in [1.82, 2.24) is 5.32 Å². The van der Waals surface area contributed by atoms with Gasteiger partial charge < -0.3 is 15.4 Å². The molecule has 0 saturated heterocycles. The number of nitrogens with one attached hydrogen (secondary N) is 2. The Morgan fingerprint density at radius 3 is 2.42 bits per heavy atom. The van der Waals surface area contributed by atoms with Crippen molar-refractivity contribution in [2.24, 2.45) is 0 Å². The molecule has 4 heteroatoms. The number of anilines is 1. The van der Waals surface area contributed by atoms with E-state index in [-0.39, 0.29) is 5.91 Å². The van der Waals surface area contributed by atoms with Gasteiger partial charge in [-0.3, -0.25) is 4.79 Å². The fourth-order valence-electron chi connectivity index (χ4n) is 2.95. The molecule has 0 heterocycles. The Balaban J connectivity index is 1.42. The number of hydrogen-bond donors (Lipinski definition) is 2. The van der Waals surface area contributed by atoms with Gasteiger partial charge in [-0.15, -0.1) is 0 Å². The molecule has 3 rings (SSSR count). The van der Waals surface area contributed by atoms with Gasteiger partial charge in [-0.25, -0.2) is 0 Å². The average molecular weight is 324 g/mol. The number of ether oxygens (including phenoxy) is 1. The fraction of sp³-hybridized carbons (Fsp3) is 0.350. The Morgan fingerprint density at radius 1 is 1.00 bits per heavy atom. The maximum Gasteiger partial charge on any atom is 0.238 e. The van der Waals surface area contributed by atoms with Crippen molar-refractivity contribution in [3.8, 4) is 5.75 Å². The first-order valence-corrected chi connectivity index (χ1v) is 8.59. The Hall–Kier alpha value is -2.33. The molecule has 24 heavy (non-hydrogen) atoms. The van der Waals surface area contributed by atoms with Crippen LogP contribution < -0.4 is 15.4 Å². The van der Waals surface area contributed by atoms with Crippen LogP contribution >= 0.6 is 0 Å². The van der Waals surface area contributed by atoms with Crippen molar-refractivity contribution in [1.29, 1.82) is 0 Å². The number of carbonyl (C=O) groups is 1. The molecular formula is C20H24N2O2. The molecule has 0 radical (unpaired) electrons. The highest BCUT2D eigenvalue weighted by molar-refractivity contribution is 5.92. The third-order valence-electron chi connectivity index (χ3n) is 4.29. The van der Waals surface area contributed by atoms with Gasteiger partial charge in [-0.1, -0.05) is 43.2 Å². The maximum atomic E-state index is 12.0. The summed E-state index contributed by atoms with van der Waals surface area (Å²) in [5.41, 5.74) is 1.92. The summed E-state index contributed by atoms with van der Waals surface area (Å²) in [5.74, 6) is 0.792. The first-order valence-electron chi connectivity index (χ1n) is 8.59. The van der Waals surface area contributed by atoms with Crippen molar-refractivity contribution in [3.63, 3.8) is 0 Å². The van der Waals surface area contributed by atoms with Gasteiger partial charge in [0.05, 0.1) is 6.54 Å². The normalized spacial score (nSPS) is 14.5. The number of rotatable bonds is 7. The summed E-state index contributed by atoms with van der Waals surface area (Å²) < 4.78 is 5.74. The lowest BCUT2D eigenvalue weighted by atomic mass is 10.2. The lowest BCUT2D eigenvalue weighted by Gasteiger charge is -2.12. The minimum atomic E-state index is -0.000135. The van der Waals surface area contributed by atoms with E-state index < -0.39 is 0 Å². The van der Waals surface area contributed by atoms with Gasteiger partial charge in [-0.05, 0) is 42.7 Å². The topological polar surface area (TPSA) is 50.4 Å². The third-order valence-corrected chi connectivity index (χ3v) is 4.29. The standard InChI is InChI=1S/C20H24N2O2/c23-20(14-21-17-8-4-5-9-17)22-18-10-12-19(13-11-18)24-15-16-6-2-1-3-7-16/h1-3,6-7,10-13,17,21H,4-5,8-9,14-15H2,(H,22,23). The molecule has 2 aromatic carbocycles. The molecule has 0 atom stereocenters. The van der Waals surface area contributed by atoms with Crippen LogP contribution in [0.3, 0.4) is 0 Å². The van der Waals surface area contributed by atoms with Crippen LogP contribution in [0.1, 0.15) is 31.2 Å². The zero-order valence-corrected chi connectivity index (χ0v) is 13.8. The molecule has 1 aliphatic carbocycles.